The minimum absolute atomic E-state index is 0.0247. The first-order valence-corrected chi connectivity index (χ1v) is 6.86. The molecule has 1 aromatic carbocycles. The number of carboxylic acids is 1. The fourth-order valence-corrected chi connectivity index (χ4v) is 2.67. The average Bonchev–Trinajstić information content (AvgIpc) is 2.37. The number of aliphatic carboxylic acids is 1. The van der Waals surface area contributed by atoms with Crippen LogP contribution < -0.4 is 0 Å². The van der Waals surface area contributed by atoms with Gasteiger partial charge in [-0.05, 0) is 25.0 Å². The van der Waals surface area contributed by atoms with E-state index >= 15 is 0 Å². The number of rotatable bonds is 2. The minimum atomic E-state index is -1.00. The molecule has 1 aliphatic heterocycles. The van der Waals surface area contributed by atoms with Crippen molar-refractivity contribution in [2.75, 3.05) is 13.1 Å². The molecule has 1 saturated heterocycles. The van der Waals surface area contributed by atoms with E-state index in [-0.39, 0.29) is 11.0 Å². The molecule has 1 N–H and O–H groups in total. The van der Waals surface area contributed by atoms with Crippen molar-refractivity contribution in [2.24, 2.45) is 5.92 Å². The lowest BCUT2D eigenvalue weighted by Crippen LogP contribution is -2.42. The van der Waals surface area contributed by atoms with E-state index in [1.165, 1.54) is 4.90 Å². The number of halogens is 3. The van der Waals surface area contributed by atoms with Crippen LogP contribution in [-0.4, -0.2) is 35.0 Å². The summed E-state index contributed by atoms with van der Waals surface area (Å²) in [6, 6.07) is 2.02. The molecule has 108 valence electrons. The van der Waals surface area contributed by atoms with E-state index in [0.29, 0.717) is 19.4 Å². The molecule has 2 rings (SSSR count). The third-order valence-corrected chi connectivity index (χ3v) is 3.74. The predicted octanol–water partition coefficient (Wildman–Crippen LogP) is 2.66. The molecule has 1 amide bonds. The Kier molecular flexibility index (Phi) is 4.37. The second kappa shape index (κ2) is 5.87. The molecule has 1 aliphatic rings. The molecule has 1 unspecified atom stereocenters. The first-order chi connectivity index (χ1) is 9.40. The predicted molar refractivity (Wildman–Crippen MR) is 70.3 cm³/mol. The molecule has 1 heterocycles. The number of piperidine rings is 1. The standard InChI is InChI=1S/C13H12BrF2NO3/c14-8-4-9(15)11(10(16)5-8)12(18)17-3-1-2-7(6-17)13(19)20/h4-5,7H,1-3,6H2,(H,19,20). The number of hydrogen-bond acceptors (Lipinski definition) is 2. The van der Waals surface area contributed by atoms with Crippen LogP contribution in [0.5, 0.6) is 0 Å². The van der Waals surface area contributed by atoms with Gasteiger partial charge in [-0.25, -0.2) is 8.78 Å². The van der Waals surface area contributed by atoms with Gasteiger partial charge in [0.05, 0.1) is 5.92 Å². The maximum atomic E-state index is 13.7. The highest BCUT2D eigenvalue weighted by Crippen LogP contribution is 2.24. The summed E-state index contributed by atoms with van der Waals surface area (Å²) in [6.45, 7) is 0.278. The maximum absolute atomic E-state index is 13.7. The van der Waals surface area contributed by atoms with Gasteiger partial charge < -0.3 is 10.0 Å². The molecule has 0 saturated carbocycles. The summed E-state index contributed by atoms with van der Waals surface area (Å²) < 4.78 is 27.7. The largest absolute Gasteiger partial charge is 0.481 e. The van der Waals surface area contributed by atoms with Gasteiger partial charge in [0, 0.05) is 17.6 Å². The fraction of sp³-hybridized carbons (Fsp3) is 0.385. The van der Waals surface area contributed by atoms with E-state index in [1.54, 1.807) is 0 Å². The Labute approximate surface area is 122 Å². The van der Waals surface area contributed by atoms with Crippen molar-refractivity contribution >= 4 is 27.8 Å². The normalized spacial score (nSPS) is 18.9. The second-order valence-corrected chi connectivity index (χ2v) is 5.59. The minimum Gasteiger partial charge on any atom is -0.481 e. The third kappa shape index (κ3) is 2.98. The van der Waals surface area contributed by atoms with Gasteiger partial charge in [0.15, 0.2) is 0 Å². The van der Waals surface area contributed by atoms with Crippen LogP contribution in [0.15, 0.2) is 16.6 Å². The zero-order valence-electron chi connectivity index (χ0n) is 10.4. The number of likely N-dealkylation sites (tertiary alicyclic amines) is 1. The first-order valence-electron chi connectivity index (χ1n) is 6.06. The van der Waals surface area contributed by atoms with Crippen molar-refractivity contribution in [2.45, 2.75) is 12.8 Å². The smallest absolute Gasteiger partial charge is 0.308 e. The van der Waals surface area contributed by atoms with Gasteiger partial charge in [-0.3, -0.25) is 9.59 Å². The van der Waals surface area contributed by atoms with E-state index in [4.69, 9.17) is 5.11 Å². The summed E-state index contributed by atoms with van der Waals surface area (Å²) in [4.78, 5) is 24.3. The fourth-order valence-electron chi connectivity index (χ4n) is 2.27. The molecule has 0 aromatic heterocycles. The molecule has 0 spiro atoms. The van der Waals surface area contributed by atoms with Crippen LogP contribution in [0, 0.1) is 17.6 Å². The monoisotopic (exact) mass is 347 g/mol. The van der Waals surface area contributed by atoms with Crippen LogP contribution >= 0.6 is 15.9 Å². The van der Waals surface area contributed by atoms with Crippen molar-refractivity contribution in [3.8, 4) is 0 Å². The summed E-state index contributed by atoms with van der Waals surface area (Å²) in [5.74, 6) is -4.41. The summed E-state index contributed by atoms with van der Waals surface area (Å²) in [6.07, 6.45) is 0.965. The van der Waals surface area contributed by atoms with Crippen molar-refractivity contribution in [1.82, 2.24) is 4.90 Å². The molecule has 1 fully saturated rings. The Morgan fingerprint density at radius 1 is 1.30 bits per heavy atom. The first kappa shape index (κ1) is 14.9. The highest BCUT2D eigenvalue weighted by atomic mass is 79.9. The van der Waals surface area contributed by atoms with Crippen molar-refractivity contribution in [3.63, 3.8) is 0 Å². The van der Waals surface area contributed by atoms with Crippen molar-refractivity contribution < 1.29 is 23.5 Å². The van der Waals surface area contributed by atoms with Crippen LogP contribution in [0.4, 0.5) is 8.78 Å². The molecule has 20 heavy (non-hydrogen) atoms. The van der Waals surface area contributed by atoms with E-state index in [1.807, 2.05) is 0 Å². The number of nitrogens with zero attached hydrogens (tertiary/aromatic N) is 1. The highest BCUT2D eigenvalue weighted by Gasteiger charge is 2.31. The summed E-state index contributed by atoms with van der Waals surface area (Å²) in [5, 5.41) is 8.96. The van der Waals surface area contributed by atoms with Gasteiger partial charge in [-0.1, -0.05) is 15.9 Å². The molecule has 1 atom stereocenters. The Morgan fingerprint density at radius 2 is 1.90 bits per heavy atom. The number of amides is 1. The number of benzene rings is 1. The molecule has 7 heteroatoms. The van der Waals surface area contributed by atoms with E-state index in [2.05, 4.69) is 15.9 Å². The molecule has 4 nitrogen and oxygen atoms in total. The molecule has 1 aromatic rings. The SMILES string of the molecule is O=C(O)C1CCCN(C(=O)c2c(F)cc(Br)cc2F)C1. The van der Waals surface area contributed by atoms with Crippen LogP contribution in [0.3, 0.4) is 0 Å². The lowest BCUT2D eigenvalue weighted by molar-refractivity contribution is -0.143. The van der Waals surface area contributed by atoms with Gasteiger partial charge in [0.2, 0.25) is 0 Å². The van der Waals surface area contributed by atoms with Gasteiger partial charge in [-0.2, -0.15) is 0 Å². The van der Waals surface area contributed by atoms with Gasteiger partial charge in [0.1, 0.15) is 17.2 Å². The van der Waals surface area contributed by atoms with Crippen LogP contribution in [0.2, 0.25) is 0 Å². The number of hydrogen-bond donors (Lipinski definition) is 1. The molecule has 0 radical (unpaired) electrons. The van der Waals surface area contributed by atoms with Crippen LogP contribution in [-0.2, 0) is 4.79 Å². The van der Waals surface area contributed by atoms with Gasteiger partial charge in [-0.15, -0.1) is 0 Å². The highest BCUT2D eigenvalue weighted by molar-refractivity contribution is 9.10. The number of carbonyl (C=O) groups is 2. The van der Waals surface area contributed by atoms with Crippen LogP contribution in [0.1, 0.15) is 23.2 Å². The van der Waals surface area contributed by atoms with Gasteiger partial charge >= 0.3 is 5.97 Å². The van der Waals surface area contributed by atoms with E-state index in [9.17, 15) is 18.4 Å². The second-order valence-electron chi connectivity index (χ2n) is 4.67. The van der Waals surface area contributed by atoms with E-state index in [0.717, 1.165) is 12.1 Å². The number of carbonyl (C=O) groups excluding carboxylic acids is 1. The third-order valence-electron chi connectivity index (χ3n) is 3.28. The summed E-state index contributed by atoms with van der Waals surface area (Å²) >= 11 is 2.94. The summed E-state index contributed by atoms with van der Waals surface area (Å²) in [7, 11) is 0. The molecular formula is C13H12BrF2NO3. The average molecular weight is 348 g/mol. The zero-order valence-corrected chi connectivity index (χ0v) is 12.0. The molecular weight excluding hydrogens is 336 g/mol. The summed E-state index contributed by atoms with van der Waals surface area (Å²) in [5.41, 5.74) is -0.640. The van der Waals surface area contributed by atoms with Crippen molar-refractivity contribution in [1.29, 1.82) is 0 Å². The van der Waals surface area contributed by atoms with Crippen molar-refractivity contribution in [3.05, 3.63) is 33.8 Å². The molecule has 0 aliphatic carbocycles. The zero-order chi connectivity index (χ0) is 14.9. The Bertz CT molecular complexity index is 542. The topological polar surface area (TPSA) is 57.6 Å². The molecule has 0 bridgehead atoms. The Hall–Kier alpha value is -1.50. The lowest BCUT2D eigenvalue weighted by Gasteiger charge is -2.30. The van der Waals surface area contributed by atoms with Gasteiger partial charge in [0.25, 0.3) is 5.91 Å². The quantitative estimate of drug-likeness (QED) is 0.894. The Balaban J connectivity index is 2.25. The van der Waals surface area contributed by atoms with E-state index < -0.39 is 35.0 Å². The maximum Gasteiger partial charge on any atom is 0.308 e. The van der Waals surface area contributed by atoms with Crippen LogP contribution in [0.25, 0.3) is 0 Å². The lowest BCUT2D eigenvalue weighted by atomic mass is 9.97. The Morgan fingerprint density at radius 3 is 2.45 bits per heavy atom. The number of carboxylic acid groups (broad SMARTS) is 1.